The van der Waals surface area contributed by atoms with Crippen molar-refractivity contribution in [1.29, 1.82) is 0 Å². The largest absolute Gasteiger partial charge is 0.387 e. The molecule has 0 spiro atoms. The molecule has 36 heavy (non-hydrogen) atoms. The van der Waals surface area contributed by atoms with Crippen LogP contribution in [0.2, 0.25) is 0 Å². The van der Waals surface area contributed by atoms with Crippen molar-refractivity contribution >= 4 is 43.5 Å². The Bertz CT molecular complexity index is 1730. The number of sulfone groups is 1. The lowest BCUT2D eigenvalue weighted by atomic mass is 10.1. The number of nitrogens with zero attached hydrogens (tertiary/aromatic N) is 4. The molecule has 0 saturated carbocycles. The van der Waals surface area contributed by atoms with Gasteiger partial charge in [0.2, 0.25) is 9.84 Å². The van der Waals surface area contributed by atoms with Crippen LogP contribution in [0.3, 0.4) is 0 Å². The van der Waals surface area contributed by atoms with E-state index in [-0.39, 0.29) is 39.0 Å². The van der Waals surface area contributed by atoms with Crippen LogP contribution < -0.4 is 5.73 Å². The molecule has 10 nitrogen and oxygen atoms in total. The molecule has 3 aromatic carbocycles. The van der Waals surface area contributed by atoms with Gasteiger partial charge in [0.15, 0.2) is 5.65 Å². The van der Waals surface area contributed by atoms with Crippen LogP contribution >= 0.6 is 0 Å². The van der Waals surface area contributed by atoms with Crippen molar-refractivity contribution in [2.75, 3.05) is 5.73 Å². The quantitative estimate of drug-likeness (QED) is 0.261. The Kier molecular flexibility index (Phi) is 5.65. The van der Waals surface area contributed by atoms with Crippen LogP contribution in [0, 0.1) is 17.0 Å². The highest BCUT2D eigenvalue weighted by Crippen LogP contribution is 2.36. The smallest absolute Gasteiger partial charge is 0.269 e. The number of nitro benzene ring substituents is 1. The summed E-state index contributed by atoms with van der Waals surface area (Å²) in [6.45, 7) is 1.71. The molecule has 5 rings (SSSR count). The molecular weight excluding hydrogens is 482 g/mol. The van der Waals surface area contributed by atoms with E-state index >= 15 is 0 Å². The summed E-state index contributed by atoms with van der Waals surface area (Å²) in [5.74, 6) is -0.109. The van der Waals surface area contributed by atoms with Crippen LogP contribution in [-0.4, -0.2) is 33.0 Å². The van der Waals surface area contributed by atoms with Gasteiger partial charge in [0, 0.05) is 12.1 Å². The van der Waals surface area contributed by atoms with Crippen LogP contribution in [0.1, 0.15) is 17.2 Å². The Hall–Kier alpha value is -4.35. The van der Waals surface area contributed by atoms with E-state index in [1.165, 1.54) is 41.0 Å². The minimum absolute atomic E-state index is 0.0599. The summed E-state index contributed by atoms with van der Waals surface area (Å²) in [4.78, 5) is 19.5. The predicted molar refractivity (Wildman–Crippen MR) is 134 cm³/mol. The van der Waals surface area contributed by atoms with Gasteiger partial charge in [-0.1, -0.05) is 29.8 Å². The third-order valence-corrected chi connectivity index (χ3v) is 7.82. The molecule has 0 aliphatic carbocycles. The van der Waals surface area contributed by atoms with E-state index in [4.69, 9.17) is 5.73 Å². The fraction of sp³-hybridized carbons (Fsp3) is 0.120. The predicted octanol–water partition coefficient (Wildman–Crippen LogP) is 3.95. The first-order valence-corrected chi connectivity index (χ1v) is 12.4. The molecule has 0 amide bonds. The molecule has 2 heterocycles. The number of non-ortho nitro benzene ring substituents is 1. The second-order valence-electron chi connectivity index (χ2n) is 8.39. The number of aryl methyl sites for hydroxylation is 1. The number of benzene rings is 3. The summed E-state index contributed by atoms with van der Waals surface area (Å²) in [5.41, 5.74) is 8.96. The number of aliphatic hydroxyl groups excluding tert-OH is 1. The maximum absolute atomic E-state index is 13.7. The van der Waals surface area contributed by atoms with E-state index in [1.54, 1.807) is 36.4 Å². The maximum atomic E-state index is 13.7. The highest BCUT2D eigenvalue weighted by atomic mass is 32.2. The number of hydrogen-bond donors (Lipinski definition) is 2. The van der Waals surface area contributed by atoms with Crippen LogP contribution in [0.5, 0.6) is 0 Å². The molecule has 2 aromatic heterocycles. The molecule has 0 aliphatic heterocycles. The molecule has 1 unspecified atom stereocenters. The van der Waals surface area contributed by atoms with Gasteiger partial charge >= 0.3 is 0 Å². The molecule has 5 aromatic rings. The summed E-state index contributed by atoms with van der Waals surface area (Å²) in [7, 11) is -4.08. The van der Waals surface area contributed by atoms with Gasteiger partial charge in [0.1, 0.15) is 16.2 Å². The van der Waals surface area contributed by atoms with Gasteiger partial charge in [0.25, 0.3) is 5.69 Å². The van der Waals surface area contributed by atoms with Gasteiger partial charge in [-0.25, -0.2) is 18.4 Å². The number of aromatic nitrogens is 3. The number of fused-ring (bicyclic) bond motifs is 2. The zero-order valence-electron chi connectivity index (χ0n) is 19.1. The average molecular weight is 504 g/mol. The number of aliphatic hydroxyl groups is 1. The molecule has 0 aliphatic rings. The van der Waals surface area contributed by atoms with E-state index in [0.29, 0.717) is 16.6 Å². The SMILES string of the molecule is Cc1ccc(S(=O)(=O)c2c(N)n(CC(O)c3ccc([N+](=O)[O-])cc3)c3nc4ccccc4nc23)cc1. The van der Waals surface area contributed by atoms with E-state index in [0.717, 1.165) is 5.56 Å². The lowest BCUT2D eigenvalue weighted by molar-refractivity contribution is -0.384. The Morgan fingerprint density at radius 3 is 2.22 bits per heavy atom. The molecule has 0 fully saturated rings. The van der Waals surface area contributed by atoms with Crippen LogP contribution in [-0.2, 0) is 16.4 Å². The number of nitrogens with two attached hydrogens (primary N) is 1. The highest BCUT2D eigenvalue weighted by molar-refractivity contribution is 7.92. The van der Waals surface area contributed by atoms with Crippen molar-refractivity contribution in [1.82, 2.24) is 14.5 Å². The minimum Gasteiger partial charge on any atom is -0.387 e. The molecule has 0 radical (unpaired) electrons. The number of hydrogen-bond acceptors (Lipinski definition) is 8. The van der Waals surface area contributed by atoms with E-state index in [2.05, 4.69) is 9.97 Å². The Balaban J connectivity index is 1.69. The summed E-state index contributed by atoms with van der Waals surface area (Å²) >= 11 is 0. The van der Waals surface area contributed by atoms with Gasteiger partial charge in [-0.3, -0.25) is 10.1 Å². The molecule has 0 saturated heterocycles. The molecule has 1 atom stereocenters. The van der Waals surface area contributed by atoms with Crippen molar-refractivity contribution < 1.29 is 18.4 Å². The summed E-state index contributed by atoms with van der Waals surface area (Å²) in [5, 5.41) is 21.9. The van der Waals surface area contributed by atoms with Crippen molar-refractivity contribution in [3.8, 4) is 0 Å². The first kappa shape index (κ1) is 23.4. The first-order valence-electron chi connectivity index (χ1n) is 11.0. The summed E-state index contributed by atoms with van der Waals surface area (Å²) in [6, 6.07) is 18.9. The van der Waals surface area contributed by atoms with Crippen molar-refractivity contribution in [2.24, 2.45) is 0 Å². The zero-order valence-corrected chi connectivity index (χ0v) is 19.9. The second-order valence-corrected chi connectivity index (χ2v) is 10.3. The molecule has 0 bridgehead atoms. The average Bonchev–Trinajstić information content (AvgIpc) is 3.13. The van der Waals surface area contributed by atoms with Gasteiger partial charge in [-0.05, 0) is 48.9 Å². The fourth-order valence-electron chi connectivity index (χ4n) is 4.07. The minimum atomic E-state index is -4.08. The van der Waals surface area contributed by atoms with Gasteiger partial charge in [-0.2, -0.15) is 0 Å². The van der Waals surface area contributed by atoms with Crippen molar-refractivity contribution in [3.05, 3.63) is 94.0 Å². The lowest BCUT2D eigenvalue weighted by Crippen LogP contribution is -2.13. The fourth-order valence-corrected chi connectivity index (χ4v) is 5.58. The van der Waals surface area contributed by atoms with Crippen LogP contribution in [0.15, 0.2) is 82.6 Å². The normalized spacial score (nSPS) is 12.7. The zero-order chi connectivity index (χ0) is 25.6. The summed E-state index contributed by atoms with van der Waals surface area (Å²) < 4.78 is 28.8. The van der Waals surface area contributed by atoms with Crippen LogP contribution in [0.4, 0.5) is 11.5 Å². The Morgan fingerprint density at radius 2 is 1.61 bits per heavy atom. The standard InChI is InChI=1S/C25H21N5O5S/c1-15-6-12-18(13-7-15)36(34,35)23-22-25(28-20-5-3-2-4-19(20)27-22)29(24(23)26)14-21(31)16-8-10-17(11-9-16)30(32)33/h2-13,21,31H,14,26H2,1H3. The monoisotopic (exact) mass is 503 g/mol. The van der Waals surface area contributed by atoms with Gasteiger partial charge in [0.05, 0.1) is 33.5 Å². The van der Waals surface area contributed by atoms with E-state index in [9.17, 15) is 23.6 Å². The van der Waals surface area contributed by atoms with E-state index < -0.39 is 20.9 Å². The lowest BCUT2D eigenvalue weighted by Gasteiger charge is -2.14. The van der Waals surface area contributed by atoms with E-state index in [1.807, 2.05) is 6.92 Å². The molecule has 182 valence electrons. The number of para-hydroxylation sites is 2. The Labute approximate surface area is 205 Å². The third-order valence-electron chi connectivity index (χ3n) is 5.99. The number of nitrogen functional groups attached to an aromatic ring is 1. The molecular formula is C25H21N5O5S. The molecule has 3 N–H and O–H groups in total. The third kappa shape index (κ3) is 3.93. The van der Waals surface area contributed by atoms with Crippen LogP contribution in [0.25, 0.3) is 22.2 Å². The topological polar surface area (TPSA) is 154 Å². The van der Waals surface area contributed by atoms with Crippen molar-refractivity contribution in [2.45, 2.75) is 29.4 Å². The van der Waals surface area contributed by atoms with Gasteiger partial charge in [-0.15, -0.1) is 0 Å². The second kappa shape index (κ2) is 8.70. The van der Waals surface area contributed by atoms with Crippen molar-refractivity contribution in [3.63, 3.8) is 0 Å². The first-order chi connectivity index (χ1) is 17.2. The highest BCUT2D eigenvalue weighted by Gasteiger charge is 2.31. The maximum Gasteiger partial charge on any atom is 0.269 e. The number of nitro groups is 1. The summed E-state index contributed by atoms with van der Waals surface area (Å²) in [6.07, 6.45) is -1.15. The van der Waals surface area contributed by atoms with Gasteiger partial charge < -0.3 is 15.4 Å². The molecule has 11 heteroatoms. The number of rotatable bonds is 6. The number of anilines is 1. The Morgan fingerprint density at radius 1 is 1.00 bits per heavy atom.